The van der Waals surface area contributed by atoms with Gasteiger partial charge in [-0.2, -0.15) is 0 Å². The molecule has 0 bridgehead atoms. The third-order valence-electron chi connectivity index (χ3n) is 3.66. The molecule has 122 valence electrons. The van der Waals surface area contributed by atoms with Gasteiger partial charge in [0.25, 0.3) is 0 Å². The quantitative estimate of drug-likeness (QED) is 0.708. The maximum Gasteiger partial charge on any atom is 0.244 e. The molecule has 0 spiro atoms. The van der Waals surface area contributed by atoms with Crippen LogP contribution < -0.4 is 0 Å². The summed E-state index contributed by atoms with van der Waals surface area (Å²) in [5, 5.41) is 11.5. The van der Waals surface area contributed by atoms with Crippen LogP contribution in [0.4, 0.5) is 0 Å². The van der Waals surface area contributed by atoms with Crippen molar-refractivity contribution in [1.82, 2.24) is 30.1 Å². The molecule has 1 aromatic carbocycles. The zero-order chi connectivity index (χ0) is 16.9. The summed E-state index contributed by atoms with van der Waals surface area (Å²) in [6.07, 6.45) is 4.86. The lowest BCUT2D eigenvalue weighted by Gasteiger charge is -2.29. The van der Waals surface area contributed by atoms with E-state index in [1.807, 2.05) is 24.3 Å². The van der Waals surface area contributed by atoms with Crippen LogP contribution in [0.3, 0.4) is 0 Å². The minimum absolute atomic E-state index is 0.0633. The predicted molar refractivity (Wildman–Crippen MR) is 88.1 cm³/mol. The van der Waals surface area contributed by atoms with Crippen LogP contribution in [0.2, 0.25) is 5.02 Å². The first-order chi connectivity index (χ1) is 11.6. The highest BCUT2D eigenvalue weighted by Gasteiger charge is 2.24. The predicted octanol–water partition coefficient (Wildman–Crippen LogP) is 1.97. The second-order valence-corrected chi connectivity index (χ2v) is 5.69. The van der Waals surface area contributed by atoms with Crippen LogP contribution in [-0.2, 0) is 11.3 Å². The van der Waals surface area contributed by atoms with E-state index >= 15 is 0 Å². The largest absolute Gasteiger partial charge is 0.333 e. The Morgan fingerprint density at radius 2 is 2.04 bits per heavy atom. The molecule has 0 saturated heterocycles. The van der Waals surface area contributed by atoms with Crippen molar-refractivity contribution in [2.45, 2.75) is 12.6 Å². The summed E-state index contributed by atoms with van der Waals surface area (Å²) in [7, 11) is 1.75. The lowest BCUT2D eigenvalue weighted by atomic mass is 9.99. The molecule has 24 heavy (non-hydrogen) atoms. The van der Waals surface area contributed by atoms with Gasteiger partial charge in [-0.3, -0.25) is 9.78 Å². The fourth-order valence-electron chi connectivity index (χ4n) is 2.47. The molecule has 0 saturated carbocycles. The lowest BCUT2D eigenvalue weighted by molar-refractivity contribution is -0.132. The van der Waals surface area contributed by atoms with Crippen molar-refractivity contribution in [2.24, 2.45) is 0 Å². The highest BCUT2D eigenvalue weighted by molar-refractivity contribution is 6.30. The number of pyridine rings is 1. The van der Waals surface area contributed by atoms with Crippen LogP contribution in [0.25, 0.3) is 0 Å². The SMILES string of the molecule is CN(C(=O)Cn1cnnn1)[C@H](c1ccc(Cl)cc1)c1cccnc1. The minimum Gasteiger partial charge on any atom is -0.333 e. The van der Waals surface area contributed by atoms with Crippen LogP contribution in [0.15, 0.2) is 55.1 Å². The molecule has 7 nitrogen and oxygen atoms in total. The Hall–Kier alpha value is -2.80. The van der Waals surface area contributed by atoms with Crippen LogP contribution >= 0.6 is 11.6 Å². The molecule has 1 atom stereocenters. The van der Waals surface area contributed by atoms with Gasteiger partial charge in [-0.15, -0.1) is 5.10 Å². The van der Waals surface area contributed by atoms with Crippen LogP contribution in [0, 0.1) is 0 Å². The fraction of sp³-hybridized carbons (Fsp3) is 0.188. The number of benzene rings is 1. The van der Waals surface area contributed by atoms with Crippen LogP contribution in [-0.4, -0.2) is 43.0 Å². The number of carbonyl (C=O) groups excluding carboxylic acids is 1. The van der Waals surface area contributed by atoms with Crippen molar-refractivity contribution >= 4 is 17.5 Å². The van der Waals surface area contributed by atoms with Crippen molar-refractivity contribution in [3.05, 3.63) is 71.3 Å². The molecule has 0 N–H and O–H groups in total. The van der Waals surface area contributed by atoms with E-state index in [1.54, 1.807) is 36.5 Å². The van der Waals surface area contributed by atoms with Gasteiger partial charge in [0.05, 0.1) is 6.04 Å². The highest BCUT2D eigenvalue weighted by atomic mass is 35.5. The number of amides is 1. The molecule has 0 aliphatic rings. The molecule has 0 unspecified atom stereocenters. The second-order valence-electron chi connectivity index (χ2n) is 5.25. The number of hydrogen-bond acceptors (Lipinski definition) is 5. The molecule has 2 aromatic heterocycles. The van der Waals surface area contributed by atoms with E-state index in [9.17, 15) is 4.79 Å². The monoisotopic (exact) mass is 342 g/mol. The lowest BCUT2D eigenvalue weighted by Crippen LogP contribution is -2.34. The van der Waals surface area contributed by atoms with Crippen molar-refractivity contribution in [1.29, 1.82) is 0 Å². The maximum atomic E-state index is 12.6. The van der Waals surface area contributed by atoms with Crippen molar-refractivity contribution < 1.29 is 4.79 Å². The highest BCUT2D eigenvalue weighted by Crippen LogP contribution is 2.28. The molecule has 0 radical (unpaired) electrons. The standard InChI is InChI=1S/C16H15ClN6O/c1-22(15(24)10-23-11-19-20-21-23)16(13-3-2-8-18-9-13)12-4-6-14(17)7-5-12/h2-9,11,16H,10H2,1H3/t16-/m1/s1. The Kier molecular flexibility index (Phi) is 4.81. The Morgan fingerprint density at radius 1 is 1.25 bits per heavy atom. The summed E-state index contributed by atoms with van der Waals surface area (Å²) in [5.41, 5.74) is 1.85. The number of hydrogen-bond donors (Lipinski definition) is 0. The van der Waals surface area contributed by atoms with Gasteiger partial charge in [-0.1, -0.05) is 29.8 Å². The van der Waals surface area contributed by atoms with Gasteiger partial charge in [0, 0.05) is 24.5 Å². The number of tetrazole rings is 1. The van der Waals surface area contributed by atoms with Crippen LogP contribution in [0.1, 0.15) is 17.2 Å². The molecule has 3 aromatic rings. The van der Waals surface area contributed by atoms with Crippen molar-refractivity contribution in [3.63, 3.8) is 0 Å². The molecule has 3 rings (SSSR count). The number of rotatable bonds is 5. The van der Waals surface area contributed by atoms with Gasteiger partial charge in [0.15, 0.2) is 0 Å². The smallest absolute Gasteiger partial charge is 0.244 e. The number of nitrogens with zero attached hydrogens (tertiary/aromatic N) is 6. The van der Waals surface area contributed by atoms with E-state index in [0.29, 0.717) is 5.02 Å². The van der Waals surface area contributed by atoms with Gasteiger partial charge in [0.1, 0.15) is 12.9 Å². The Balaban J connectivity index is 1.91. The maximum absolute atomic E-state index is 12.6. The molecule has 8 heteroatoms. The summed E-state index contributed by atoms with van der Waals surface area (Å²) in [6.45, 7) is 0.0633. The Labute approximate surface area is 143 Å². The van der Waals surface area contributed by atoms with Crippen molar-refractivity contribution in [3.8, 4) is 0 Å². The van der Waals surface area contributed by atoms with Gasteiger partial charge >= 0.3 is 0 Å². The first kappa shape index (κ1) is 16.1. The fourth-order valence-corrected chi connectivity index (χ4v) is 2.60. The molecule has 0 aliphatic carbocycles. The van der Waals surface area contributed by atoms with Gasteiger partial charge in [-0.05, 0) is 39.8 Å². The number of likely N-dealkylation sites (N-methyl/N-ethyl adjacent to an activating group) is 1. The number of halogens is 1. The van der Waals surface area contributed by atoms with Gasteiger partial charge in [0.2, 0.25) is 5.91 Å². The van der Waals surface area contributed by atoms with Crippen molar-refractivity contribution in [2.75, 3.05) is 7.05 Å². The zero-order valence-corrected chi connectivity index (χ0v) is 13.7. The van der Waals surface area contributed by atoms with E-state index in [-0.39, 0.29) is 18.5 Å². The summed E-state index contributed by atoms with van der Waals surface area (Å²) in [4.78, 5) is 18.4. The third kappa shape index (κ3) is 3.57. The van der Waals surface area contributed by atoms with Gasteiger partial charge < -0.3 is 4.90 Å². The molecular formula is C16H15ClN6O. The molecule has 1 amide bonds. The summed E-state index contributed by atoms with van der Waals surface area (Å²) in [5.74, 6) is -0.119. The summed E-state index contributed by atoms with van der Waals surface area (Å²) in [6, 6.07) is 10.9. The third-order valence-corrected chi connectivity index (χ3v) is 3.91. The average Bonchev–Trinajstić information content (AvgIpc) is 3.10. The Bertz CT molecular complexity index is 791. The Morgan fingerprint density at radius 3 is 2.67 bits per heavy atom. The van der Waals surface area contributed by atoms with E-state index in [0.717, 1.165) is 11.1 Å². The first-order valence-corrected chi connectivity index (χ1v) is 7.65. The zero-order valence-electron chi connectivity index (χ0n) is 13.0. The number of aromatic nitrogens is 5. The average molecular weight is 343 g/mol. The molecule has 2 heterocycles. The van der Waals surface area contributed by atoms with Crippen LogP contribution in [0.5, 0.6) is 0 Å². The minimum atomic E-state index is -0.278. The van der Waals surface area contributed by atoms with E-state index in [1.165, 1.54) is 11.0 Å². The first-order valence-electron chi connectivity index (χ1n) is 7.27. The molecule has 0 fully saturated rings. The number of carbonyl (C=O) groups is 1. The van der Waals surface area contributed by atoms with E-state index in [2.05, 4.69) is 20.5 Å². The summed E-state index contributed by atoms with van der Waals surface area (Å²) < 4.78 is 1.39. The second kappa shape index (κ2) is 7.18. The summed E-state index contributed by atoms with van der Waals surface area (Å²) >= 11 is 5.98. The van der Waals surface area contributed by atoms with E-state index < -0.39 is 0 Å². The molecular weight excluding hydrogens is 328 g/mol. The normalized spacial score (nSPS) is 11.9. The van der Waals surface area contributed by atoms with E-state index in [4.69, 9.17) is 11.6 Å². The molecule has 0 aliphatic heterocycles. The van der Waals surface area contributed by atoms with Gasteiger partial charge in [-0.25, -0.2) is 4.68 Å². The topological polar surface area (TPSA) is 76.8 Å².